The summed E-state index contributed by atoms with van der Waals surface area (Å²) in [5.74, 6) is 0. The van der Waals surface area contributed by atoms with Crippen molar-refractivity contribution in [2.45, 2.75) is 12.6 Å². The van der Waals surface area contributed by atoms with E-state index in [0.29, 0.717) is 0 Å². The van der Waals surface area contributed by atoms with Gasteiger partial charge in [0.15, 0.2) is 0 Å². The fraction of sp³-hybridized carbons (Fsp3) is 0.182. The zero-order valence-electron chi connectivity index (χ0n) is 8.35. The molecular weight excluding hydrogens is 274 g/mol. The predicted molar refractivity (Wildman–Crippen MR) is 60.7 cm³/mol. The first-order chi connectivity index (χ1) is 7.86. The van der Waals surface area contributed by atoms with Gasteiger partial charge in [0.1, 0.15) is 0 Å². The molecule has 0 spiro atoms. The number of rotatable bonds is 2. The molecule has 1 rings (SSSR count). The minimum absolute atomic E-state index is 0.0981. The molecule has 90 valence electrons. The summed E-state index contributed by atoms with van der Waals surface area (Å²) in [6, 6.07) is 3.47. The number of alkyl halides is 3. The van der Waals surface area contributed by atoms with E-state index in [0.717, 1.165) is 12.1 Å². The summed E-state index contributed by atoms with van der Waals surface area (Å²) in [4.78, 5) is 0. The van der Waals surface area contributed by atoms with E-state index in [-0.39, 0.29) is 22.0 Å². The lowest BCUT2D eigenvalue weighted by atomic mass is 10.1. The van der Waals surface area contributed by atoms with Gasteiger partial charge in [-0.05, 0) is 12.1 Å². The van der Waals surface area contributed by atoms with Crippen LogP contribution in [0.15, 0.2) is 18.2 Å². The predicted octanol–water partition coefficient (Wildman–Crippen LogP) is 4.94. The van der Waals surface area contributed by atoms with Crippen molar-refractivity contribution in [1.82, 2.24) is 0 Å². The van der Waals surface area contributed by atoms with Crippen LogP contribution in [0.4, 0.5) is 13.2 Å². The molecule has 0 amide bonds. The summed E-state index contributed by atoms with van der Waals surface area (Å²) in [5.41, 5.74) is -0.624. The van der Waals surface area contributed by atoms with Crippen molar-refractivity contribution >= 4 is 29.3 Å². The summed E-state index contributed by atoms with van der Waals surface area (Å²) in [5, 5.41) is 8.12. The summed E-state index contributed by atoms with van der Waals surface area (Å²) in [7, 11) is 0. The summed E-state index contributed by atoms with van der Waals surface area (Å²) < 4.78 is 37.2. The molecule has 17 heavy (non-hydrogen) atoms. The molecule has 0 saturated heterocycles. The standard InChI is InChI=1S/C11H6Cl2F3N/c12-9-5-7(11(14,15)16)6-10(13)8(9)3-1-2-4-17/h1,3,5-6H,2H2. The molecule has 0 saturated carbocycles. The van der Waals surface area contributed by atoms with E-state index in [2.05, 4.69) is 0 Å². The lowest BCUT2D eigenvalue weighted by Crippen LogP contribution is -2.05. The molecule has 0 N–H and O–H groups in total. The highest BCUT2D eigenvalue weighted by Crippen LogP contribution is 2.36. The van der Waals surface area contributed by atoms with Gasteiger partial charge in [-0.3, -0.25) is 0 Å². The van der Waals surface area contributed by atoms with Crippen molar-refractivity contribution in [2.24, 2.45) is 0 Å². The van der Waals surface area contributed by atoms with Gasteiger partial charge in [0.05, 0.1) is 18.1 Å². The SMILES string of the molecule is N#CCC=Cc1c(Cl)cc(C(F)(F)F)cc1Cl. The van der Waals surface area contributed by atoms with E-state index in [9.17, 15) is 13.2 Å². The van der Waals surface area contributed by atoms with Crippen LogP contribution in [0.3, 0.4) is 0 Å². The Morgan fingerprint density at radius 2 is 1.76 bits per heavy atom. The smallest absolute Gasteiger partial charge is 0.198 e. The molecule has 1 aromatic carbocycles. The number of nitrogens with zero attached hydrogens (tertiary/aromatic N) is 1. The Labute approximate surface area is 106 Å². The van der Waals surface area contributed by atoms with Gasteiger partial charge in [-0.1, -0.05) is 35.4 Å². The van der Waals surface area contributed by atoms with Crippen molar-refractivity contribution in [3.8, 4) is 6.07 Å². The number of allylic oxidation sites excluding steroid dienone is 1. The molecule has 0 radical (unpaired) electrons. The van der Waals surface area contributed by atoms with Crippen molar-refractivity contribution < 1.29 is 13.2 Å². The minimum Gasteiger partial charge on any atom is -0.198 e. The normalized spacial score (nSPS) is 11.8. The van der Waals surface area contributed by atoms with Crippen LogP contribution in [-0.2, 0) is 6.18 Å². The maximum Gasteiger partial charge on any atom is 0.416 e. The molecule has 0 bridgehead atoms. The number of hydrogen-bond acceptors (Lipinski definition) is 1. The number of nitriles is 1. The molecule has 0 aliphatic rings. The number of halogens is 5. The fourth-order valence-corrected chi connectivity index (χ4v) is 1.75. The molecule has 0 aliphatic heterocycles. The maximum absolute atomic E-state index is 12.4. The Bertz CT molecular complexity index is 463. The second-order valence-electron chi connectivity index (χ2n) is 3.12. The van der Waals surface area contributed by atoms with Crippen molar-refractivity contribution in [3.05, 3.63) is 39.4 Å². The molecule has 6 heteroatoms. The minimum atomic E-state index is -4.48. The summed E-state index contributed by atoms with van der Waals surface area (Å²) >= 11 is 11.4. The van der Waals surface area contributed by atoms with Crippen LogP contribution in [0.25, 0.3) is 6.08 Å². The first kappa shape index (κ1) is 13.9. The van der Waals surface area contributed by atoms with Gasteiger partial charge < -0.3 is 0 Å². The van der Waals surface area contributed by atoms with E-state index in [1.165, 1.54) is 12.2 Å². The van der Waals surface area contributed by atoms with Crippen molar-refractivity contribution in [1.29, 1.82) is 5.26 Å². The third-order valence-corrected chi connectivity index (χ3v) is 2.53. The molecule has 1 nitrogen and oxygen atoms in total. The van der Waals surface area contributed by atoms with E-state index in [1.807, 2.05) is 6.07 Å². The largest absolute Gasteiger partial charge is 0.416 e. The Morgan fingerprint density at radius 3 is 2.18 bits per heavy atom. The zero-order valence-corrected chi connectivity index (χ0v) is 9.87. The average molecular weight is 280 g/mol. The third-order valence-electron chi connectivity index (χ3n) is 1.90. The zero-order chi connectivity index (χ0) is 13.1. The van der Waals surface area contributed by atoms with Gasteiger partial charge in [-0.25, -0.2) is 0 Å². The maximum atomic E-state index is 12.4. The number of benzene rings is 1. The molecule has 0 aliphatic carbocycles. The molecule has 0 unspecified atom stereocenters. The lowest BCUT2D eigenvalue weighted by Gasteiger charge is -2.09. The molecule has 1 aromatic rings. The Balaban J connectivity index is 3.16. The van der Waals surface area contributed by atoms with Gasteiger partial charge in [0.2, 0.25) is 0 Å². The molecule has 0 aromatic heterocycles. The van der Waals surface area contributed by atoms with Gasteiger partial charge >= 0.3 is 6.18 Å². The lowest BCUT2D eigenvalue weighted by molar-refractivity contribution is -0.137. The van der Waals surface area contributed by atoms with E-state index in [1.54, 1.807) is 0 Å². The van der Waals surface area contributed by atoms with Crippen LogP contribution in [0.2, 0.25) is 10.0 Å². The van der Waals surface area contributed by atoms with Gasteiger partial charge in [0, 0.05) is 15.6 Å². The molecule has 0 fully saturated rings. The van der Waals surface area contributed by atoms with Crippen LogP contribution < -0.4 is 0 Å². The first-order valence-corrected chi connectivity index (χ1v) is 5.21. The molecule has 0 heterocycles. The Hall–Kier alpha value is -1.18. The van der Waals surface area contributed by atoms with Crippen LogP contribution in [0.1, 0.15) is 17.5 Å². The second-order valence-corrected chi connectivity index (χ2v) is 3.93. The third kappa shape index (κ3) is 3.65. The highest BCUT2D eigenvalue weighted by Gasteiger charge is 2.31. The molecular formula is C11H6Cl2F3N. The fourth-order valence-electron chi connectivity index (χ4n) is 1.14. The Kier molecular flexibility index (Phi) is 4.44. The second kappa shape index (κ2) is 5.44. The van der Waals surface area contributed by atoms with Crippen LogP contribution >= 0.6 is 23.2 Å². The quantitative estimate of drug-likeness (QED) is 0.752. The highest BCUT2D eigenvalue weighted by atomic mass is 35.5. The van der Waals surface area contributed by atoms with E-state index < -0.39 is 11.7 Å². The average Bonchev–Trinajstić information content (AvgIpc) is 2.20. The summed E-state index contributed by atoms with van der Waals surface area (Å²) in [6.07, 6.45) is -1.45. The van der Waals surface area contributed by atoms with Gasteiger partial charge in [-0.2, -0.15) is 18.4 Å². The number of hydrogen-bond donors (Lipinski definition) is 0. The van der Waals surface area contributed by atoms with Crippen molar-refractivity contribution in [3.63, 3.8) is 0 Å². The first-order valence-electron chi connectivity index (χ1n) is 4.46. The van der Waals surface area contributed by atoms with Crippen LogP contribution in [-0.4, -0.2) is 0 Å². The van der Waals surface area contributed by atoms with Gasteiger partial charge in [-0.15, -0.1) is 0 Å². The monoisotopic (exact) mass is 279 g/mol. The van der Waals surface area contributed by atoms with E-state index in [4.69, 9.17) is 28.5 Å². The van der Waals surface area contributed by atoms with Crippen LogP contribution in [0, 0.1) is 11.3 Å². The summed E-state index contributed by atoms with van der Waals surface area (Å²) in [6.45, 7) is 0. The highest BCUT2D eigenvalue weighted by molar-refractivity contribution is 6.37. The molecule has 0 atom stereocenters. The van der Waals surface area contributed by atoms with Crippen LogP contribution in [0.5, 0.6) is 0 Å². The van der Waals surface area contributed by atoms with E-state index >= 15 is 0 Å². The van der Waals surface area contributed by atoms with Crippen molar-refractivity contribution in [2.75, 3.05) is 0 Å². The topological polar surface area (TPSA) is 23.8 Å². The van der Waals surface area contributed by atoms with Gasteiger partial charge in [0.25, 0.3) is 0 Å². The Morgan fingerprint density at radius 1 is 1.24 bits per heavy atom.